The van der Waals surface area contributed by atoms with Gasteiger partial charge in [-0.25, -0.2) is 0 Å². The van der Waals surface area contributed by atoms with Crippen molar-refractivity contribution in [1.82, 2.24) is 15.1 Å². The van der Waals surface area contributed by atoms with Crippen molar-refractivity contribution in [3.8, 4) is 5.75 Å². The van der Waals surface area contributed by atoms with Gasteiger partial charge in [0.2, 0.25) is 0 Å². The SMILES string of the molecule is CCCNC(c1c(OC)cnn1CC)C1CCSC1. The minimum atomic E-state index is 0.368. The van der Waals surface area contributed by atoms with Crippen LogP contribution in [0.5, 0.6) is 5.75 Å². The molecular formula is C14H25N3OS. The van der Waals surface area contributed by atoms with Crippen molar-refractivity contribution in [2.24, 2.45) is 5.92 Å². The molecule has 2 unspecified atom stereocenters. The van der Waals surface area contributed by atoms with Gasteiger partial charge in [0.1, 0.15) is 0 Å². The molecule has 0 aliphatic carbocycles. The normalized spacial score (nSPS) is 20.7. The van der Waals surface area contributed by atoms with E-state index in [0.717, 1.165) is 25.3 Å². The van der Waals surface area contributed by atoms with Gasteiger partial charge in [0.25, 0.3) is 0 Å². The number of nitrogens with one attached hydrogen (secondary N) is 1. The number of methoxy groups -OCH3 is 1. The summed E-state index contributed by atoms with van der Waals surface area (Å²) in [5.74, 6) is 4.12. The largest absolute Gasteiger partial charge is 0.493 e. The third-order valence-corrected chi connectivity index (χ3v) is 4.90. The minimum absolute atomic E-state index is 0.368. The number of thioether (sulfide) groups is 1. The molecule has 2 atom stereocenters. The van der Waals surface area contributed by atoms with E-state index >= 15 is 0 Å². The van der Waals surface area contributed by atoms with Crippen LogP contribution in [0, 0.1) is 5.92 Å². The molecule has 1 aromatic heterocycles. The van der Waals surface area contributed by atoms with Crippen molar-refractivity contribution in [1.29, 1.82) is 0 Å². The summed E-state index contributed by atoms with van der Waals surface area (Å²) in [6, 6.07) is 0.368. The Morgan fingerprint density at radius 3 is 3.00 bits per heavy atom. The zero-order valence-corrected chi connectivity index (χ0v) is 13.0. The first-order chi connectivity index (χ1) is 9.31. The lowest BCUT2D eigenvalue weighted by molar-refractivity contribution is 0.343. The molecule has 1 aliphatic heterocycles. The third kappa shape index (κ3) is 3.26. The fourth-order valence-corrected chi connectivity index (χ4v) is 4.00. The Balaban J connectivity index is 2.27. The second-order valence-corrected chi connectivity index (χ2v) is 6.12. The Morgan fingerprint density at radius 1 is 1.58 bits per heavy atom. The molecule has 1 fully saturated rings. The maximum Gasteiger partial charge on any atom is 0.161 e. The van der Waals surface area contributed by atoms with Crippen LogP contribution in [-0.4, -0.2) is 34.9 Å². The Kier molecular flexibility index (Phi) is 5.58. The maximum absolute atomic E-state index is 5.52. The Labute approximate surface area is 120 Å². The summed E-state index contributed by atoms with van der Waals surface area (Å²) in [6.07, 6.45) is 4.28. The molecule has 0 amide bonds. The lowest BCUT2D eigenvalue weighted by Crippen LogP contribution is -2.31. The minimum Gasteiger partial charge on any atom is -0.493 e. The van der Waals surface area contributed by atoms with Gasteiger partial charge in [-0.3, -0.25) is 4.68 Å². The van der Waals surface area contributed by atoms with E-state index in [2.05, 4.69) is 40.7 Å². The fraction of sp³-hybridized carbons (Fsp3) is 0.786. The van der Waals surface area contributed by atoms with Crippen molar-refractivity contribution in [3.05, 3.63) is 11.9 Å². The molecule has 2 heterocycles. The van der Waals surface area contributed by atoms with Crippen LogP contribution in [0.15, 0.2) is 6.20 Å². The molecule has 1 aliphatic rings. The summed E-state index contributed by atoms with van der Waals surface area (Å²) in [5.41, 5.74) is 1.23. The van der Waals surface area contributed by atoms with E-state index in [1.807, 2.05) is 6.20 Å². The number of hydrogen-bond donors (Lipinski definition) is 1. The van der Waals surface area contributed by atoms with E-state index in [1.54, 1.807) is 7.11 Å². The van der Waals surface area contributed by atoms with E-state index < -0.39 is 0 Å². The van der Waals surface area contributed by atoms with Gasteiger partial charge in [-0.15, -0.1) is 0 Å². The van der Waals surface area contributed by atoms with Crippen LogP contribution in [0.1, 0.15) is 38.4 Å². The second kappa shape index (κ2) is 7.20. The monoisotopic (exact) mass is 283 g/mol. The lowest BCUT2D eigenvalue weighted by atomic mass is 9.95. The molecule has 5 heteroatoms. The predicted octanol–water partition coefficient (Wildman–Crippen LogP) is 2.71. The van der Waals surface area contributed by atoms with Gasteiger partial charge in [0, 0.05) is 6.54 Å². The van der Waals surface area contributed by atoms with E-state index in [0.29, 0.717) is 12.0 Å². The van der Waals surface area contributed by atoms with Crippen LogP contribution in [0.4, 0.5) is 0 Å². The zero-order valence-electron chi connectivity index (χ0n) is 12.2. The molecule has 0 aromatic carbocycles. The first-order valence-corrected chi connectivity index (χ1v) is 8.38. The molecule has 0 radical (unpaired) electrons. The highest BCUT2D eigenvalue weighted by atomic mass is 32.2. The number of aromatic nitrogens is 2. The highest BCUT2D eigenvalue weighted by Crippen LogP contribution is 2.37. The maximum atomic E-state index is 5.52. The first-order valence-electron chi connectivity index (χ1n) is 7.22. The number of ether oxygens (including phenoxy) is 1. The summed E-state index contributed by atoms with van der Waals surface area (Å²) in [5, 5.41) is 8.16. The smallest absolute Gasteiger partial charge is 0.161 e. The van der Waals surface area contributed by atoms with Crippen LogP contribution in [0.25, 0.3) is 0 Å². The second-order valence-electron chi connectivity index (χ2n) is 4.97. The van der Waals surface area contributed by atoms with Crippen LogP contribution in [0.2, 0.25) is 0 Å². The molecule has 108 valence electrons. The third-order valence-electron chi connectivity index (χ3n) is 3.71. The van der Waals surface area contributed by atoms with Crippen molar-refractivity contribution < 1.29 is 4.74 Å². The molecule has 1 aromatic rings. The predicted molar refractivity (Wildman–Crippen MR) is 80.9 cm³/mol. The van der Waals surface area contributed by atoms with Crippen LogP contribution < -0.4 is 10.1 Å². The van der Waals surface area contributed by atoms with Gasteiger partial charge in [0.05, 0.1) is 25.0 Å². The molecule has 19 heavy (non-hydrogen) atoms. The highest BCUT2D eigenvalue weighted by molar-refractivity contribution is 7.99. The van der Waals surface area contributed by atoms with E-state index in [4.69, 9.17) is 4.74 Å². The summed E-state index contributed by atoms with van der Waals surface area (Å²) in [6.45, 7) is 6.28. The molecular weight excluding hydrogens is 258 g/mol. The first kappa shape index (κ1) is 14.7. The van der Waals surface area contributed by atoms with E-state index in [1.165, 1.54) is 23.6 Å². The summed E-state index contributed by atoms with van der Waals surface area (Å²) in [7, 11) is 1.74. The van der Waals surface area contributed by atoms with Gasteiger partial charge in [0.15, 0.2) is 5.75 Å². The van der Waals surface area contributed by atoms with Crippen LogP contribution in [-0.2, 0) is 6.54 Å². The van der Waals surface area contributed by atoms with Gasteiger partial charge in [-0.05, 0) is 43.7 Å². The van der Waals surface area contributed by atoms with Gasteiger partial charge < -0.3 is 10.1 Å². The Bertz CT molecular complexity index is 367. The lowest BCUT2D eigenvalue weighted by Gasteiger charge is -2.25. The van der Waals surface area contributed by atoms with E-state index in [-0.39, 0.29) is 0 Å². The van der Waals surface area contributed by atoms with Crippen molar-refractivity contribution >= 4 is 11.8 Å². The Hall–Kier alpha value is -0.680. The molecule has 0 bridgehead atoms. The summed E-state index contributed by atoms with van der Waals surface area (Å²) < 4.78 is 7.60. The number of hydrogen-bond acceptors (Lipinski definition) is 4. The number of rotatable bonds is 7. The standard InChI is InChI=1S/C14H25N3OS/c1-4-7-15-13(11-6-8-19-10-11)14-12(18-3)9-16-17(14)5-2/h9,11,13,15H,4-8,10H2,1-3H3. The number of nitrogens with zero attached hydrogens (tertiary/aromatic N) is 2. The molecule has 1 N–H and O–H groups in total. The molecule has 4 nitrogen and oxygen atoms in total. The molecule has 1 saturated heterocycles. The quantitative estimate of drug-likeness (QED) is 0.835. The van der Waals surface area contributed by atoms with Crippen LogP contribution >= 0.6 is 11.8 Å². The Morgan fingerprint density at radius 2 is 2.42 bits per heavy atom. The van der Waals surface area contributed by atoms with Crippen molar-refractivity contribution in [3.63, 3.8) is 0 Å². The molecule has 2 rings (SSSR count). The van der Waals surface area contributed by atoms with Gasteiger partial charge in [-0.1, -0.05) is 6.92 Å². The summed E-state index contributed by atoms with van der Waals surface area (Å²) in [4.78, 5) is 0. The van der Waals surface area contributed by atoms with Crippen LogP contribution in [0.3, 0.4) is 0 Å². The van der Waals surface area contributed by atoms with E-state index in [9.17, 15) is 0 Å². The zero-order chi connectivity index (χ0) is 13.7. The fourth-order valence-electron chi connectivity index (χ4n) is 2.70. The van der Waals surface area contributed by atoms with Gasteiger partial charge >= 0.3 is 0 Å². The van der Waals surface area contributed by atoms with Crippen molar-refractivity contribution in [2.75, 3.05) is 25.2 Å². The molecule has 0 saturated carbocycles. The van der Waals surface area contributed by atoms with Crippen molar-refractivity contribution in [2.45, 2.75) is 39.3 Å². The average Bonchev–Trinajstić information content (AvgIpc) is 3.08. The van der Waals surface area contributed by atoms with Gasteiger partial charge in [-0.2, -0.15) is 16.9 Å². The molecule has 0 spiro atoms. The highest BCUT2D eigenvalue weighted by Gasteiger charge is 2.31. The summed E-state index contributed by atoms with van der Waals surface area (Å²) >= 11 is 2.06. The average molecular weight is 283 g/mol. The number of aryl methyl sites for hydroxylation is 1. The topological polar surface area (TPSA) is 39.1 Å².